The minimum Gasteiger partial charge on any atom is -0.508 e. The normalized spacial score (nSPS) is 10.7. The average Bonchev–Trinajstić information content (AvgIpc) is 2.84. The minimum absolute atomic E-state index is 0.146. The van der Waals surface area contributed by atoms with Gasteiger partial charge in [-0.05, 0) is 41.3 Å². The molecule has 2 N–H and O–H groups in total. The molecule has 0 aliphatic carbocycles. The molecule has 0 aliphatic rings. The molecule has 2 aromatic rings. The van der Waals surface area contributed by atoms with Gasteiger partial charge in [-0.2, -0.15) is 5.10 Å². The summed E-state index contributed by atoms with van der Waals surface area (Å²) in [5, 5.41) is 14.9. The number of hydrogen-bond donors (Lipinski definition) is 2. The molecule has 1 amide bonds. The molecule has 0 aliphatic heterocycles. The molecular formula is C13H12N2O2S. The van der Waals surface area contributed by atoms with Crippen molar-refractivity contribution in [3.8, 4) is 5.75 Å². The van der Waals surface area contributed by atoms with Crippen molar-refractivity contribution >= 4 is 23.5 Å². The largest absolute Gasteiger partial charge is 0.508 e. The van der Waals surface area contributed by atoms with Crippen LogP contribution in [0.3, 0.4) is 0 Å². The van der Waals surface area contributed by atoms with E-state index in [2.05, 4.69) is 10.5 Å². The van der Waals surface area contributed by atoms with Crippen LogP contribution in [0.15, 0.2) is 46.9 Å². The molecule has 0 bridgehead atoms. The SMILES string of the molecule is O=C(Cc1cccs1)NN=Cc1ccc(O)cc1. The van der Waals surface area contributed by atoms with E-state index in [-0.39, 0.29) is 11.7 Å². The van der Waals surface area contributed by atoms with Gasteiger partial charge in [-0.3, -0.25) is 4.79 Å². The molecule has 0 atom stereocenters. The summed E-state index contributed by atoms with van der Waals surface area (Å²) >= 11 is 1.54. The quantitative estimate of drug-likeness (QED) is 0.653. The molecule has 92 valence electrons. The van der Waals surface area contributed by atoms with Crippen LogP contribution in [-0.2, 0) is 11.2 Å². The maximum Gasteiger partial charge on any atom is 0.245 e. The fourth-order valence-corrected chi connectivity index (χ4v) is 2.05. The van der Waals surface area contributed by atoms with Gasteiger partial charge in [-0.1, -0.05) is 6.07 Å². The van der Waals surface area contributed by atoms with Gasteiger partial charge in [0.2, 0.25) is 5.91 Å². The van der Waals surface area contributed by atoms with Crippen molar-refractivity contribution < 1.29 is 9.90 Å². The third-order valence-corrected chi connectivity index (χ3v) is 3.09. The lowest BCUT2D eigenvalue weighted by Gasteiger charge is -1.97. The lowest BCUT2D eigenvalue weighted by Crippen LogP contribution is -2.19. The summed E-state index contributed by atoms with van der Waals surface area (Å²) in [6.45, 7) is 0. The number of phenolic OH excluding ortho intramolecular Hbond substituents is 1. The van der Waals surface area contributed by atoms with Gasteiger partial charge < -0.3 is 5.11 Å². The van der Waals surface area contributed by atoms with Gasteiger partial charge >= 0.3 is 0 Å². The molecule has 1 aromatic carbocycles. The summed E-state index contributed by atoms with van der Waals surface area (Å²) in [5.74, 6) is 0.0568. The number of hydrogen-bond acceptors (Lipinski definition) is 4. The molecule has 4 nitrogen and oxygen atoms in total. The Morgan fingerprint density at radius 1 is 1.33 bits per heavy atom. The fraction of sp³-hybridized carbons (Fsp3) is 0.0769. The van der Waals surface area contributed by atoms with Gasteiger partial charge in [0.1, 0.15) is 5.75 Å². The van der Waals surface area contributed by atoms with Gasteiger partial charge in [0.15, 0.2) is 0 Å². The third-order valence-electron chi connectivity index (χ3n) is 2.21. The van der Waals surface area contributed by atoms with Gasteiger partial charge in [0.05, 0.1) is 12.6 Å². The highest BCUT2D eigenvalue weighted by atomic mass is 32.1. The molecule has 2 rings (SSSR count). The highest BCUT2D eigenvalue weighted by Crippen LogP contribution is 2.09. The Hall–Kier alpha value is -2.14. The van der Waals surface area contributed by atoms with Gasteiger partial charge in [-0.15, -0.1) is 11.3 Å². The number of thiophene rings is 1. The Bertz CT molecular complexity index is 533. The molecule has 5 heteroatoms. The first-order valence-electron chi connectivity index (χ1n) is 5.37. The Kier molecular flexibility index (Phi) is 4.09. The number of aromatic hydroxyl groups is 1. The summed E-state index contributed by atoms with van der Waals surface area (Å²) in [5.41, 5.74) is 3.27. The van der Waals surface area contributed by atoms with Crippen LogP contribution in [-0.4, -0.2) is 17.2 Å². The van der Waals surface area contributed by atoms with E-state index in [0.29, 0.717) is 6.42 Å². The minimum atomic E-state index is -0.146. The van der Waals surface area contributed by atoms with E-state index in [0.717, 1.165) is 10.4 Å². The zero-order chi connectivity index (χ0) is 12.8. The van der Waals surface area contributed by atoms with E-state index in [1.54, 1.807) is 35.6 Å². The zero-order valence-corrected chi connectivity index (χ0v) is 10.4. The van der Waals surface area contributed by atoms with Crippen molar-refractivity contribution in [3.05, 3.63) is 52.2 Å². The Morgan fingerprint density at radius 2 is 2.11 bits per heavy atom. The van der Waals surface area contributed by atoms with E-state index in [4.69, 9.17) is 5.11 Å². The second-order valence-electron chi connectivity index (χ2n) is 3.64. The van der Waals surface area contributed by atoms with E-state index >= 15 is 0 Å². The first-order chi connectivity index (χ1) is 8.74. The Balaban J connectivity index is 1.84. The van der Waals surface area contributed by atoms with E-state index in [1.165, 1.54) is 6.21 Å². The summed E-state index contributed by atoms with van der Waals surface area (Å²) in [6, 6.07) is 10.4. The van der Waals surface area contributed by atoms with Gasteiger partial charge in [0, 0.05) is 4.88 Å². The predicted molar refractivity (Wildman–Crippen MR) is 71.9 cm³/mol. The second-order valence-corrected chi connectivity index (χ2v) is 4.67. The number of amides is 1. The Morgan fingerprint density at radius 3 is 2.78 bits per heavy atom. The van der Waals surface area contributed by atoms with Crippen LogP contribution in [0.4, 0.5) is 0 Å². The molecule has 1 aromatic heterocycles. The number of nitrogens with one attached hydrogen (secondary N) is 1. The number of phenols is 1. The molecule has 18 heavy (non-hydrogen) atoms. The van der Waals surface area contributed by atoms with Crippen molar-refractivity contribution in [1.82, 2.24) is 5.43 Å². The lowest BCUT2D eigenvalue weighted by molar-refractivity contribution is -0.120. The monoisotopic (exact) mass is 260 g/mol. The smallest absolute Gasteiger partial charge is 0.245 e. The third kappa shape index (κ3) is 3.71. The van der Waals surface area contributed by atoms with Gasteiger partial charge in [0.25, 0.3) is 0 Å². The maximum absolute atomic E-state index is 11.5. The van der Waals surface area contributed by atoms with Crippen molar-refractivity contribution in [2.45, 2.75) is 6.42 Å². The van der Waals surface area contributed by atoms with Crippen LogP contribution in [0.1, 0.15) is 10.4 Å². The fourth-order valence-electron chi connectivity index (χ4n) is 1.35. The molecule has 0 radical (unpaired) electrons. The standard InChI is InChI=1S/C13H12N2O2S/c16-11-5-3-10(4-6-11)9-14-15-13(17)8-12-2-1-7-18-12/h1-7,9,16H,8H2,(H,15,17). The van der Waals surface area contributed by atoms with Crippen LogP contribution >= 0.6 is 11.3 Å². The van der Waals surface area contributed by atoms with E-state index in [1.807, 2.05) is 17.5 Å². The Labute approximate surface area is 109 Å². The van der Waals surface area contributed by atoms with Crippen molar-refractivity contribution in [3.63, 3.8) is 0 Å². The van der Waals surface area contributed by atoms with Crippen LogP contribution in [0.2, 0.25) is 0 Å². The van der Waals surface area contributed by atoms with Crippen molar-refractivity contribution in [2.75, 3.05) is 0 Å². The van der Waals surface area contributed by atoms with Crippen molar-refractivity contribution in [2.24, 2.45) is 5.10 Å². The number of hydrazone groups is 1. The summed E-state index contributed by atoms with van der Waals surface area (Å²) in [7, 11) is 0. The first kappa shape index (κ1) is 12.3. The molecule has 1 heterocycles. The number of benzene rings is 1. The first-order valence-corrected chi connectivity index (χ1v) is 6.25. The van der Waals surface area contributed by atoms with Crippen LogP contribution in [0, 0.1) is 0 Å². The molecule has 0 saturated heterocycles. The molecule has 0 saturated carbocycles. The molecular weight excluding hydrogens is 248 g/mol. The topological polar surface area (TPSA) is 61.7 Å². The lowest BCUT2D eigenvalue weighted by atomic mass is 10.2. The highest BCUT2D eigenvalue weighted by Gasteiger charge is 2.01. The van der Waals surface area contributed by atoms with Crippen LogP contribution in [0.5, 0.6) is 5.75 Å². The maximum atomic E-state index is 11.5. The number of nitrogens with zero attached hydrogens (tertiary/aromatic N) is 1. The van der Waals surface area contributed by atoms with Crippen LogP contribution in [0.25, 0.3) is 0 Å². The van der Waals surface area contributed by atoms with E-state index in [9.17, 15) is 4.79 Å². The van der Waals surface area contributed by atoms with Gasteiger partial charge in [-0.25, -0.2) is 5.43 Å². The number of rotatable bonds is 4. The summed E-state index contributed by atoms with van der Waals surface area (Å²) < 4.78 is 0. The molecule has 0 unspecified atom stereocenters. The number of carbonyl (C=O) groups is 1. The molecule has 0 spiro atoms. The second kappa shape index (κ2) is 5.97. The van der Waals surface area contributed by atoms with Crippen molar-refractivity contribution in [1.29, 1.82) is 0 Å². The average molecular weight is 260 g/mol. The van der Waals surface area contributed by atoms with Crippen LogP contribution < -0.4 is 5.43 Å². The number of carbonyl (C=O) groups excluding carboxylic acids is 1. The highest BCUT2D eigenvalue weighted by molar-refractivity contribution is 7.10. The summed E-state index contributed by atoms with van der Waals surface area (Å²) in [4.78, 5) is 12.5. The summed E-state index contributed by atoms with van der Waals surface area (Å²) in [6.07, 6.45) is 1.87. The van der Waals surface area contributed by atoms with E-state index < -0.39 is 0 Å². The zero-order valence-electron chi connectivity index (χ0n) is 9.54. The molecule has 0 fully saturated rings. The predicted octanol–water partition coefficient (Wildman–Crippen LogP) is 2.15.